The van der Waals surface area contributed by atoms with Gasteiger partial charge in [-0.05, 0) is 24.3 Å². The van der Waals surface area contributed by atoms with E-state index in [1.807, 2.05) is 0 Å². The first-order valence-corrected chi connectivity index (χ1v) is 13.9. The van der Waals surface area contributed by atoms with Crippen molar-refractivity contribution in [2.24, 2.45) is 4.99 Å². The van der Waals surface area contributed by atoms with E-state index in [-0.39, 0.29) is 48.1 Å². The molecule has 12 nitrogen and oxygen atoms in total. The lowest BCUT2D eigenvalue weighted by atomic mass is 10.2. The molecule has 0 fully saturated rings. The number of aromatic nitrogens is 1. The van der Waals surface area contributed by atoms with E-state index in [9.17, 15) is 18.0 Å². The molecular formula is C25H31N3O9S2. The van der Waals surface area contributed by atoms with Crippen LogP contribution in [0.3, 0.4) is 0 Å². The third-order valence-corrected chi connectivity index (χ3v) is 8.68. The van der Waals surface area contributed by atoms with Gasteiger partial charge in [0, 0.05) is 45.0 Å². The standard InChI is InChI=1S/C25H31N3O9S2/c1-33-12-10-27(11-13-34-2)39(31,32)18-8-6-17(7-9-18)24(30)26-25-28(16-23(29)37-5)19-14-20(35-3)21(36-4)15-22(19)38-25/h6-9,14-15H,10-13,16H2,1-5H3. The van der Waals surface area contributed by atoms with Crippen LogP contribution in [0.5, 0.6) is 11.5 Å². The van der Waals surface area contributed by atoms with E-state index in [1.54, 1.807) is 16.7 Å². The second-order valence-corrected chi connectivity index (χ2v) is 11.0. The Kier molecular flexibility index (Phi) is 10.6. The van der Waals surface area contributed by atoms with Crippen LogP contribution in [0.4, 0.5) is 0 Å². The third-order valence-electron chi connectivity index (χ3n) is 5.73. The molecule has 3 aromatic rings. The van der Waals surface area contributed by atoms with Crippen molar-refractivity contribution in [1.29, 1.82) is 0 Å². The SMILES string of the molecule is COCCN(CCOC)S(=O)(=O)c1ccc(C(=O)N=c2sc3cc(OC)c(OC)cc3n2CC(=O)OC)cc1. The van der Waals surface area contributed by atoms with Gasteiger partial charge in [0.05, 0.1) is 49.7 Å². The number of carbonyl (C=O) groups excluding carboxylic acids is 2. The van der Waals surface area contributed by atoms with Crippen molar-refractivity contribution in [2.75, 3.05) is 61.9 Å². The maximum Gasteiger partial charge on any atom is 0.325 e. The van der Waals surface area contributed by atoms with Gasteiger partial charge >= 0.3 is 5.97 Å². The van der Waals surface area contributed by atoms with Crippen LogP contribution in [0.25, 0.3) is 10.2 Å². The summed E-state index contributed by atoms with van der Waals surface area (Å²) in [6.07, 6.45) is 0. The number of methoxy groups -OCH3 is 5. The largest absolute Gasteiger partial charge is 0.493 e. The van der Waals surface area contributed by atoms with Crippen molar-refractivity contribution in [3.8, 4) is 11.5 Å². The van der Waals surface area contributed by atoms with Crippen LogP contribution in [0.15, 0.2) is 46.3 Å². The first kappa shape index (κ1) is 30.2. The van der Waals surface area contributed by atoms with Gasteiger partial charge in [0.1, 0.15) is 6.54 Å². The smallest absolute Gasteiger partial charge is 0.325 e. The topological polar surface area (TPSA) is 135 Å². The number of sulfonamides is 1. The molecule has 0 saturated heterocycles. The van der Waals surface area contributed by atoms with Crippen molar-refractivity contribution in [3.63, 3.8) is 0 Å². The highest BCUT2D eigenvalue weighted by Crippen LogP contribution is 2.33. The van der Waals surface area contributed by atoms with E-state index in [1.165, 1.54) is 75.5 Å². The van der Waals surface area contributed by atoms with Crippen molar-refractivity contribution < 1.29 is 41.7 Å². The summed E-state index contributed by atoms with van der Waals surface area (Å²) in [5, 5.41) is 0. The quantitative estimate of drug-likeness (QED) is 0.278. The number of thiazole rings is 1. The summed E-state index contributed by atoms with van der Waals surface area (Å²) < 4.78 is 55.4. The number of hydrogen-bond acceptors (Lipinski definition) is 10. The van der Waals surface area contributed by atoms with E-state index in [0.717, 1.165) is 0 Å². The Balaban J connectivity index is 2.00. The van der Waals surface area contributed by atoms with E-state index in [2.05, 4.69) is 4.99 Å². The molecule has 0 bridgehead atoms. The summed E-state index contributed by atoms with van der Waals surface area (Å²) in [6, 6.07) is 8.92. The Bertz CT molecular complexity index is 1470. The number of benzene rings is 2. The van der Waals surface area contributed by atoms with Crippen molar-refractivity contribution in [2.45, 2.75) is 11.4 Å². The van der Waals surface area contributed by atoms with E-state index in [0.29, 0.717) is 21.7 Å². The molecule has 212 valence electrons. The molecule has 0 unspecified atom stereocenters. The lowest BCUT2D eigenvalue weighted by Crippen LogP contribution is -2.36. The van der Waals surface area contributed by atoms with Crippen LogP contribution in [0.2, 0.25) is 0 Å². The molecule has 0 radical (unpaired) electrons. The second kappa shape index (κ2) is 13.7. The van der Waals surface area contributed by atoms with Gasteiger partial charge in [-0.2, -0.15) is 9.30 Å². The van der Waals surface area contributed by atoms with Crippen molar-refractivity contribution >= 4 is 43.5 Å². The summed E-state index contributed by atoms with van der Waals surface area (Å²) in [7, 11) is 3.40. The predicted molar refractivity (Wildman–Crippen MR) is 144 cm³/mol. The summed E-state index contributed by atoms with van der Waals surface area (Å²) in [6.45, 7) is 0.557. The highest BCUT2D eigenvalue weighted by molar-refractivity contribution is 7.89. The number of nitrogens with zero attached hydrogens (tertiary/aromatic N) is 3. The summed E-state index contributed by atoms with van der Waals surface area (Å²) in [5.74, 6) is -0.213. The fourth-order valence-electron chi connectivity index (χ4n) is 3.64. The van der Waals surface area contributed by atoms with Gasteiger partial charge in [0.15, 0.2) is 16.3 Å². The molecule has 1 heterocycles. The van der Waals surface area contributed by atoms with Crippen LogP contribution in [0.1, 0.15) is 10.4 Å². The van der Waals surface area contributed by atoms with Gasteiger partial charge in [0.2, 0.25) is 10.0 Å². The third kappa shape index (κ3) is 7.02. The lowest BCUT2D eigenvalue weighted by molar-refractivity contribution is -0.141. The van der Waals surface area contributed by atoms with E-state index in [4.69, 9.17) is 23.7 Å². The molecule has 1 aromatic heterocycles. The van der Waals surface area contributed by atoms with Crippen molar-refractivity contribution in [3.05, 3.63) is 46.8 Å². The minimum absolute atomic E-state index is 0.0214. The molecule has 0 aliphatic heterocycles. The molecule has 3 rings (SSSR count). The first-order chi connectivity index (χ1) is 18.7. The number of esters is 1. The highest BCUT2D eigenvalue weighted by Gasteiger charge is 2.24. The second-order valence-electron chi connectivity index (χ2n) is 8.05. The molecular weight excluding hydrogens is 550 g/mol. The molecule has 0 atom stereocenters. The minimum Gasteiger partial charge on any atom is -0.493 e. The summed E-state index contributed by atoms with van der Waals surface area (Å²) in [5.41, 5.74) is 0.773. The maximum atomic E-state index is 13.1. The number of rotatable bonds is 13. The zero-order valence-corrected chi connectivity index (χ0v) is 24.0. The molecule has 14 heteroatoms. The molecule has 2 aromatic carbocycles. The number of hydrogen-bond donors (Lipinski definition) is 0. The van der Waals surface area contributed by atoms with E-state index < -0.39 is 21.9 Å². The van der Waals surface area contributed by atoms with Gasteiger partial charge in [-0.15, -0.1) is 0 Å². The Morgan fingerprint density at radius 2 is 1.51 bits per heavy atom. The highest BCUT2D eigenvalue weighted by atomic mass is 32.2. The fraction of sp³-hybridized carbons (Fsp3) is 0.400. The molecule has 0 N–H and O–H groups in total. The van der Waals surface area contributed by atoms with Gasteiger partial charge in [-0.3, -0.25) is 9.59 Å². The normalized spacial score (nSPS) is 12.2. The van der Waals surface area contributed by atoms with Crippen LogP contribution in [-0.4, -0.2) is 91.0 Å². The minimum atomic E-state index is -3.85. The van der Waals surface area contributed by atoms with Gasteiger partial charge in [0.25, 0.3) is 5.91 Å². The molecule has 1 amide bonds. The van der Waals surface area contributed by atoms with Gasteiger partial charge in [-0.25, -0.2) is 8.42 Å². The van der Waals surface area contributed by atoms with Crippen molar-refractivity contribution in [1.82, 2.24) is 8.87 Å². The number of ether oxygens (including phenoxy) is 5. The molecule has 0 aliphatic rings. The average molecular weight is 582 g/mol. The zero-order valence-electron chi connectivity index (χ0n) is 22.3. The Morgan fingerprint density at radius 1 is 0.923 bits per heavy atom. The van der Waals surface area contributed by atoms with E-state index >= 15 is 0 Å². The predicted octanol–water partition coefficient (Wildman–Crippen LogP) is 1.92. The fourth-order valence-corrected chi connectivity index (χ4v) is 6.08. The van der Waals surface area contributed by atoms with Crippen LogP contribution >= 0.6 is 11.3 Å². The molecule has 0 saturated carbocycles. The molecule has 39 heavy (non-hydrogen) atoms. The molecule has 0 aliphatic carbocycles. The number of carbonyl (C=O) groups is 2. The summed E-state index contributed by atoms with van der Waals surface area (Å²) in [4.78, 5) is 29.7. The number of fused-ring (bicyclic) bond motifs is 1. The first-order valence-electron chi connectivity index (χ1n) is 11.7. The maximum absolute atomic E-state index is 13.1. The Hall–Kier alpha value is -3.30. The number of amides is 1. The van der Waals surface area contributed by atoms with Crippen LogP contribution < -0.4 is 14.3 Å². The Labute approximate surface area is 230 Å². The monoisotopic (exact) mass is 581 g/mol. The Morgan fingerprint density at radius 3 is 2.05 bits per heavy atom. The van der Waals surface area contributed by atoms with Crippen LogP contribution in [-0.2, 0) is 35.6 Å². The van der Waals surface area contributed by atoms with Gasteiger partial charge in [-0.1, -0.05) is 11.3 Å². The van der Waals surface area contributed by atoms with Gasteiger partial charge < -0.3 is 28.3 Å². The zero-order chi connectivity index (χ0) is 28.6. The molecule has 0 spiro atoms. The average Bonchev–Trinajstić information content (AvgIpc) is 3.27. The summed E-state index contributed by atoms with van der Waals surface area (Å²) >= 11 is 1.18. The van der Waals surface area contributed by atoms with Crippen LogP contribution in [0, 0.1) is 0 Å². The lowest BCUT2D eigenvalue weighted by Gasteiger charge is -2.21.